The zero-order valence-electron chi connectivity index (χ0n) is 22.5. The first-order valence-electron chi connectivity index (χ1n) is 11.7. The summed E-state index contributed by atoms with van der Waals surface area (Å²) in [6.07, 6.45) is 0.971. The molecule has 1 saturated heterocycles. The Hall–Kier alpha value is -1.21. The summed E-state index contributed by atoms with van der Waals surface area (Å²) >= 11 is 0. The van der Waals surface area contributed by atoms with Crippen molar-refractivity contribution >= 4 is 30.4 Å². The highest BCUT2D eigenvalue weighted by Gasteiger charge is 2.47. The van der Waals surface area contributed by atoms with Crippen LogP contribution in [-0.2, 0) is 28.3 Å². The number of rotatable bonds is 10. The number of nitrogens with two attached hydrogens (primary N) is 1. The van der Waals surface area contributed by atoms with Gasteiger partial charge in [0.15, 0.2) is 8.32 Å². The Morgan fingerprint density at radius 2 is 1.74 bits per heavy atom. The Bertz CT molecular complexity index is 836. The molecule has 0 spiro atoms. The van der Waals surface area contributed by atoms with Crippen molar-refractivity contribution in [2.24, 2.45) is 5.73 Å². The minimum atomic E-state index is -3.76. The maximum Gasteiger partial charge on any atom is 0.410 e. The third kappa shape index (κ3) is 8.78. The van der Waals surface area contributed by atoms with E-state index in [2.05, 4.69) is 39.2 Å². The highest BCUT2D eigenvalue weighted by molar-refractivity contribution is 7.85. The fourth-order valence-electron chi connectivity index (χ4n) is 3.65. The molecule has 0 radical (unpaired) electrons. The van der Waals surface area contributed by atoms with Gasteiger partial charge in [0.1, 0.15) is 11.6 Å². The van der Waals surface area contributed by atoms with Gasteiger partial charge in [-0.05, 0) is 58.7 Å². The third-order valence-corrected chi connectivity index (χ3v) is 11.6. The predicted octanol–water partition coefficient (Wildman–Crippen LogP) is 2.59. The van der Waals surface area contributed by atoms with E-state index in [-0.39, 0.29) is 18.2 Å². The summed E-state index contributed by atoms with van der Waals surface area (Å²) in [4.78, 5) is 26.8. The molecule has 3 N–H and O–H groups in total. The smallest absolute Gasteiger partial charge is 0.410 e. The lowest BCUT2D eigenvalue weighted by Gasteiger charge is -2.42. The van der Waals surface area contributed by atoms with Crippen molar-refractivity contribution in [1.82, 2.24) is 10.2 Å². The van der Waals surface area contributed by atoms with Crippen molar-refractivity contribution in [3.8, 4) is 0 Å². The van der Waals surface area contributed by atoms with Gasteiger partial charge in [0.2, 0.25) is 5.91 Å². The van der Waals surface area contributed by atoms with Gasteiger partial charge in [-0.15, -0.1) is 0 Å². The summed E-state index contributed by atoms with van der Waals surface area (Å²) < 4.78 is 40.6. The highest BCUT2D eigenvalue weighted by Crippen LogP contribution is 2.38. The topological polar surface area (TPSA) is 137 Å². The number of carbonyl (C=O) groups excluding carboxylic acids is 2. The van der Waals surface area contributed by atoms with E-state index in [0.717, 1.165) is 6.26 Å². The zero-order chi connectivity index (χ0) is 26.8. The van der Waals surface area contributed by atoms with Crippen LogP contribution in [0.3, 0.4) is 0 Å². The fraction of sp³-hybridized carbons (Fsp3) is 0.909. The number of ether oxygens (including phenoxy) is 1. The molecule has 1 aliphatic rings. The number of carbonyl (C=O) groups is 2. The molecule has 0 aromatic heterocycles. The maximum absolute atomic E-state index is 13.0. The lowest BCUT2D eigenvalue weighted by atomic mass is 9.96. The summed E-state index contributed by atoms with van der Waals surface area (Å²) in [6, 6.07) is -0.842. The molecule has 34 heavy (non-hydrogen) atoms. The van der Waals surface area contributed by atoms with E-state index in [0.29, 0.717) is 19.4 Å². The van der Waals surface area contributed by atoms with E-state index < -0.39 is 53.7 Å². The van der Waals surface area contributed by atoms with Gasteiger partial charge in [-0.25, -0.2) is 4.79 Å². The van der Waals surface area contributed by atoms with Crippen LogP contribution in [0.2, 0.25) is 18.1 Å². The van der Waals surface area contributed by atoms with Gasteiger partial charge in [0, 0.05) is 13.1 Å². The number of nitrogens with zero attached hydrogens (tertiary/aromatic N) is 1. The number of hydrogen-bond donors (Lipinski definition) is 2. The SMILES string of the molecule is C[C@@H](O[Si](C)(C)C(C)(C)C)[C@H](NCC1(COS(C)(=O)=O)CCCN1C(=O)OC(C)(C)C)C(N)=O. The van der Waals surface area contributed by atoms with Crippen molar-refractivity contribution in [2.45, 2.75) is 103 Å². The number of hydrogen-bond acceptors (Lipinski definition) is 8. The fourth-order valence-corrected chi connectivity index (χ4v) is 5.50. The van der Waals surface area contributed by atoms with Crippen LogP contribution in [0, 0.1) is 0 Å². The molecule has 0 aromatic rings. The van der Waals surface area contributed by atoms with E-state index >= 15 is 0 Å². The molecule has 0 aromatic carbocycles. The Kier molecular flexibility index (Phi) is 9.80. The monoisotopic (exact) mass is 523 g/mol. The van der Waals surface area contributed by atoms with Crippen molar-refractivity contribution in [1.29, 1.82) is 0 Å². The summed E-state index contributed by atoms with van der Waals surface area (Å²) in [5, 5.41) is 3.10. The molecule has 10 nitrogen and oxygen atoms in total. The first kappa shape index (κ1) is 30.8. The van der Waals surface area contributed by atoms with Gasteiger partial charge in [0.25, 0.3) is 10.1 Å². The Labute approximate surface area is 206 Å². The average molecular weight is 524 g/mol. The molecule has 3 atom stereocenters. The molecular formula is C22H45N3O7SSi. The molecule has 1 aliphatic heterocycles. The lowest BCUT2D eigenvalue weighted by molar-refractivity contribution is -0.122. The Morgan fingerprint density at radius 3 is 2.18 bits per heavy atom. The van der Waals surface area contributed by atoms with E-state index in [1.807, 2.05) is 0 Å². The van der Waals surface area contributed by atoms with Crippen LogP contribution in [0.25, 0.3) is 0 Å². The second-order valence-corrected chi connectivity index (χ2v) is 18.2. The summed E-state index contributed by atoms with van der Waals surface area (Å²) in [5.41, 5.74) is 3.96. The quantitative estimate of drug-likeness (QED) is 0.329. The molecule has 200 valence electrons. The maximum atomic E-state index is 13.0. The summed E-state index contributed by atoms with van der Waals surface area (Å²) in [7, 11) is -5.95. The largest absolute Gasteiger partial charge is 0.444 e. The summed E-state index contributed by atoms with van der Waals surface area (Å²) in [5.74, 6) is -0.591. The second-order valence-electron chi connectivity index (χ2n) is 11.8. The van der Waals surface area contributed by atoms with Crippen LogP contribution in [0.1, 0.15) is 61.3 Å². The van der Waals surface area contributed by atoms with Crippen molar-refractivity contribution in [3.05, 3.63) is 0 Å². The van der Waals surface area contributed by atoms with Crippen LogP contribution >= 0.6 is 0 Å². The van der Waals surface area contributed by atoms with Crippen LogP contribution in [0.4, 0.5) is 4.79 Å². The van der Waals surface area contributed by atoms with Crippen molar-refractivity contribution in [2.75, 3.05) is 26.0 Å². The highest BCUT2D eigenvalue weighted by atomic mass is 32.2. The first-order valence-corrected chi connectivity index (χ1v) is 16.4. The van der Waals surface area contributed by atoms with E-state index in [9.17, 15) is 18.0 Å². The number of likely N-dealkylation sites (tertiary alicyclic amines) is 1. The van der Waals surface area contributed by atoms with E-state index in [1.165, 1.54) is 4.90 Å². The van der Waals surface area contributed by atoms with Crippen LogP contribution < -0.4 is 11.1 Å². The second kappa shape index (κ2) is 10.8. The molecule has 0 bridgehead atoms. The van der Waals surface area contributed by atoms with Gasteiger partial charge >= 0.3 is 6.09 Å². The van der Waals surface area contributed by atoms with Gasteiger partial charge in [0.05, 0.1) is 24.5 Å². The lowest BCUT2D eigenvalue weighted by Crippen LogP contribution is -2.62. The zero-order valence-corrected chi connectivity index (χ0v) is 24.3. The summed E-state index contributed by atoms with van der Waals surface area (Å²) in [6.45, 7) is 17.8. The number of primary amides is 1. The number of amides is 2. The molecule has 1 rings (SSSR count). The van der Waals surface area contributed by atoms with Crippen molar-refractivity contribution in [3.63, 3.8) is 0 Å². The normalized spacial score (nSPS) is 21.9. The average Bonchev–Trinajstić information content (AvgIpc) is 3.01. The first-order chi connectivity index (χ1) is 15.1. The molecule has 0 saturated carbocycles. The molecule has 12 heteroatoms. The van der Waals surface area contributed by atoms with Gasteiger partial charge in [-0.3, -0.25) is 13.9 Å². The molecule has 1 heterocycles. The predicted molar refractivity (Wildman–Crippen MR) is 134 cm³/mol. The Balaban J connectivity index is 3.18. The van der Waals surface area contributed by atoms with Crippen molar-refractivity contribution < 1.29 is 31.4 Å². The van der Waals surface area contributed by atoms with Crippen LogP contribution in [0.15, 0.2) is 0 Å². The van der Waals surface area contributed by atoms with Crippen LogP contribution in [0.5, 0.6) is 0 Å². The minimum Gasteiger partial charge on any atom is -0.444 e. The Morgan fingerprint density at radius 1 is 1.18 bits per heavy atom. The number of nitrogens with one attached hydrogen (secondary N) is 1. The molecule has 1 unspecified atom stereocenters. The minimum absolute atomic E-state index is 0.0625. The van der Waals surface area contributed by atoms with E-state index in [4.69, 9.17) is 19.1 Å². The van der Waals surface area contributed by atoms with Gasteiger partial charge in [-0.2, -0.15) is 8.42 Å². The standard InChI is InChI=1S/C22H45N3O7SSi/c1-16(32-34(9,10)21(5,6)7)17(18(23)26)24-14-22(15-30-33(8,28)29)12-11-13-25(22)19(27)31-20(2,3)4/h16-17,24H,11-15H2,1-10H3,(H2,23,26)/t16-,17+,22?/m1/s1. The van der Waals surface area contributed by atoms with Gasteiger partial charge < -0.3 is 20.2 Å². The van der Waals surface area contributed by atoms with Crippen LogP contribution in [-0.4, -0.2) is 82.9 Å². The molecule has 0 aliphatic carbocycles. The third-order valence-electron chi connectivity index (χ3n) is 6.47. The van der Waals surface area contributed by atoms with E-state index in [1.54, 1.807) is 27.7 Å². The molecule has 2 amide bonds. The molecule has 1 fully saturated rings. The molecular weight excluding hydrogens is 478 g/mol. The van der Waals surface area contributed by atoms with Gasteiger partial charge in [-0.1, -0.05) is 20.8 Å².